The Morgan fingerprint density at radius 2 is 1.57 bits per heavy atom. The molecule has 0 atom stereocenters. The summed E-state index contributed by atoms with van der Waals surface area (Å²) in [4.78, 5) is 26.9. The normalized spacial score (nSPS) is 11.0. The standard InChI is InChI=1S/C17H32N4O7/c1-17(2,3)28-16(24)21(7-4-5-15(22)23)8-10-26-12-14-27-13-11-25-9-6-19-20-18/h4-14H2,1-3H3,(H,22,23). The molecule has 0 saturated heterocycles. The van der Waals surface area contributed by atoms with Crippen LogP contribution in [0.2, 0.25) is 0 Å². The van der Waals surface area contributed by atoms with Gasteiger partial charge in [0.15, 0.2) is 0 Å². The van der Waals surface area contributed by atoms with Gasteiger partial charge in [0.05, 0.1) is 39.6 Å². The van der Waals surface area contributed by atoms with Crippen LogP contribution in [0.1, 0.15) is 33.6 Å². The molecule has 0 unspecified atom stereocenters. The van der Waals surface area contributed by atoms with E-state index in [1.807, 2.05) is 0 Å². The SMILES string of the molecule is CC(C)(C)OC(=O)N(CCCC(=O)O)CCOCCOCCOCCN=[N+]=[N-]. The van der Waals surface area contributed by atoms with Crippen molar-refractivity contribution in [3.05, 3.63) is 10.4 Å². The number of amides is 1. The molecule has 162 valence electrons. The number of carbonyl (C=O) groups is 2. The lowest BCUT2D eigenvalue weighted by Gasteiger charge is -2.27. The highest BCUT2D eigenvalue weighted by molar-refractivity contribution is 5.68. The van der Waals surface area contributed by atoms with E-state index in [-0.39, 0.29) is 13.0 Å². The van der Waals surface area contributed by atoms with E-state index in [4.69, 9.17) is 29.6 Å². The van der Waals surface area contributed by atoms with Crippen LogP contribution in [0.25, 0.3) is 10.4 Å². The predicted octanol–water partition coefficient (Wildman–Crippen LogP) is 2.45. The van der Waals surface area contributed by atoms with Crippen LogP contribution in [0.4, 0.5) is 4.79 Å². The maximum atomic E-state index is 12.2. The molecule has 28 heavy (non-hydrogen) atoms. The Bertz CT molecular complexity index is 490. The first-order valence-electron chi connectivity index (χ1n) is 9.20. The lowest BCUT2D eigenvalue weighted by molar-refractivity contribution is -0.137. The van der Waals surface area contributed by atoms with Crippen molar-refractivity contribution in [3.63, 3.8) is 0 Å². The average molecular weight is 404 g/mol. The molecular weight excluding hydrogens is 372 g/mol. The van der Waals surface area contributed by atoms with E-state index in [2.05, 4.69) is 10.0 Å². The van der Waals surface area contributed by atoms with Gasteiger partial charge in [0.2, 0.25) is 0 Å². The summed E-state index contributed by atoms with van der Waals surface area (Å²) >= 11 is 0. The largest absolute Gasteiger partial charge is 0.481 e. The van der Waals surface area contributed by atoms with Crippen molar-refractivity contribution in [2.45, 2.75) is 39.2 Å². The highest BCUT2D eigenvalue weighted by Gasteiger charge is 2.21. The van der Waals surface area contributed by atoms with Crippen molar-refractivity contribution in [3.8, 4) is 0 Å². The monoisotopic (exact) mass is 404 g/mol. The van der Waals surface area contributed by atoms with Crippen molar-refractivity contribution < 1.29 is 33.6 Å². The van der Waals surface area contributed by atoms with Gasteiger partial charge in [-0.05, 0) is 32.7 Å². The molecule has 0 bridgehead atoms. The zero-order chi connectivity index (χ0) is 21.3. The summed E-state index contributed by atoms with van der Waals surface area (Å²) in [5.41, 5.74) is 7.48. The van der Waals surface area contributed by atoms with Crippen molar-refractivity contribution in [2.75, 3.05) is 59.3 Å². The molecule has 0 aromatic heterocycles. The number of ether oxygens (including phenoxy) is 4. The highest BCUT2D eigenvalue weighted by Crippen LogP contribution is 2.10. The number of aliphatic carboxylic acids is 1. The van der Waals surface area contributed by atoms with Gasteiger partial charge in [0.25, 0.3) is 0 Å². The summed E-state index contributed by atoms with van der Waals surface area (Å²) < 4.78 is 21.3. The van der Waals surface area contributed by atoms with Gasteiger partial charge in [0, 0.05) is 31.0 Å². The lowest BCUT2D eigenvalue weighted by atomic mass is 10.2. The quantitative estimate of drug-likeness (QED) is 0.180. The van der Waals surface area contributed by atoms with Crippen molar-refractivity contribution in [1.29, 1.82) is 0 Å². The molecule has 0 heterocycles. The first-order valence-corrected chi connectivity index (χ1v) is 9.20. The third kappa shape index (κ3) is 17.3. The van der Waals surface area contributed by atoms with Crippen LogP contribution in [-0.4, -0.2) is 86.9 Å². The fourth-order valence-corrected chi connectivity index (χ4v) is 1.91. The van der Waals surface area contributed by atoms with Gasteiger partial charge < -0.3 is 29.0 Å². The third-order valence-electron chi connectivity index (χ3n) is 3.12. The van der Waals surface area contributed by atoms with E-state index >= 15 is 0 Å². The molecule has 0 rings (SSSR count). The van der Waals surface area contributed by atoms with Gasteiger partial charge in [-0.1, -0.05) is 5.11 Å². The molecule has 1 amide bonds. The molecular formula is C17H32N4O7. The molecule has 0 aliphatic heterocycles. The maximum absolute atomic E-state index is 12.2. The van der Waals surface area contributed by atoms with E-state index in [1.165, 1.54) is 4.90 Å². The number of rotatable bonds is 16. The van der Waals surface area contributed by atoms with Crippen molar-refractivity contribution >= 4 is 12.1 Å². The summed E-state index contributed by atoms with van der Waals surface area (Å²) in [5, 5.41) is 12.1. The molecule has 0 fully saturated rings. The Hall–Kier alpha value is -2.07. The second kappa shape index (κ2) is 15.9. The van der Waals surface area contributed by atoms with Crippen LogP contribution in [-0.2, 0) is 23.7 Å². The van der Waals surface area contributed by atoms with Gasteiger partial charge in [-0.3, -0.25) is 4.79 Å². The van der Waals surface area contributed by atoms with E-state index in [0.717, 1.165) is 0 Å². The maximum Gasteiger partial charge on any atom is 0.410 e. The van der Waals surface area contributed by atoms with Crippen LogP contribution in [0.5, 0.6) is 0 Å². The molecule has 0 aliphatic carbocycles. The minimum absolute atomic E-state index is 0.0150. The van der Waals surface area contributed by atoms with Crippen LogP contribution in [0.3, 0.4) is 0 Å². The molecule has 0 saturated carbocycles. The molecule has 0 aliphatic rings. The summed E-state index contributed by atoms with van der Waals surface area (Å²) in [6.07, 6.45) is -0.161. The predicted molar refractivity (Wildman–Crippen MR) is 101 cm³/mol. The number of hydrogen-bond donors (Lipinski definition) is 1. The van der Waals surface area contributed by atoms with Gasteiger partial charge in [-0.2, -0.15) is 0 Å². The Balaban J connectivity index is 3.92. The summed E-state index contributed by atoms with van der Waals surface area (Å²) in [7, 11) is 0. The fraction of sp³-hybridized carbons (Fsp3) is 0.882. The second-order valence-corrected chi connectivity index (χ2v) is 6.76. The lowest BCUT2D eigenvalue weighted by Crippen LogP contribution is -2.39. The van der Waals surface area contributed by atoms with Crippen molar-refractivity contribution in [1.82, 2.24) is 4.90 Å². The van der Waals surface area contributed by atoms with E-state index < -0.39 is 17.7 Å². The number of carboxylic acid groups (broad SMARTS) is 1. The van der Waals surface area contributed by atoms with Gasteiger partial charge >= 0.3 is 12.1 Å². The van der Waals surface area contributed by atoms with E-state index in [1.54, 1.807) is 20.8 Å². The molecule has 0 aromatic carbocycles. The number of carbonyl (C=O) groups excluding carboxylic acids is 1. The summed E-state index contributed by atoms with van der Waals surface area (Å²) in [6, 6.07) is 0. The Morgan fingerprint density at radius 3 is 2.11 bits per heavy atom. The Kier molecular flexibility index (Phi) is 14.8. The molecule has 11 nitrogen and oxygen atoms in total. The highest BCUT2D eigenvalue weighted by atomic mass is 16.6. The number of azide groups is 1. The van der Waals surface area contributed by atoms with Gasteiger partial charge in [-0.15, -0.1) is 0 Å². The van der Waals surface area contributed by atoms with E-state index in [0.29, 0.717) is 59.2 Å². The number of hydrogen-bond acceptors (Lipinski definition) is 7. The zero-order valence-corrected chi connectivity index (χ0v) is 17.0. The van der Waals surface area contributed by atoms with Gasteiger partial charge in [0.1, 0.15) is 5.60 Å². The Morgan fingerprint density at radius 1 is 1.00 bits per heavy atom. The zero-order valence-electron chi connectivity index (χ0n) is 17.0. The molecule has 0 spiro atoms. The first kappa shape index (κ1) is 25.9. The number of carboxylic acids is 1. The van der Waals surface area contributed by atoms with Crippen LogP contribution >= 0.6 is 0 Å². The van der Waals surface area contributed by atoms with E-state index in [9.17, 15) is 9.59 Å². The summed E-state index contributed by atoms with van der Waals surface area (Å²) in [5.74, 6) is -0.903. The van der Waals surface area contributed by atoms with Crippen molar-refractivity contribution in [2.24, 2.45) is 5.11 Å². The smallest absolute Gasteiger partial charge is 0.410 e. The average Bonchev–Trinajstić information content (AvgIpc) is 2.59. The molecule has 0 radical (unpaired) electrons. The summed E-state index contributed by atoms with van der Waals surface area (Å²) in [6.45, 7) is 8.38. The minimum Gasteiger partial charge on any atom is -0.481 e. The molecule has 11 heteroatoms. The third-order valence-corrected chi connectivity index (χ3v) is 3.12. The molecule has 1 N–H and O–H groups in total. The minimum atomic E-state index is -0.903. The topological polar surface area (TPSA) is 143 Å². The van der Waals surface area contributed by atoms with Crippen LogP contribution in [0.15, 0.2) is 5.11 Å². The second-order valence-electron chi connectivity index (χ2n) is 6.76. The first-order chi connectivity index (χ1) is 13.3. The number of nitrogens with zero attached hydrogens (tertiary/aromatic N) is 4. The Labute approximate surface area is 165 Å². The van der Waals surface area contributed by atoms with Crippen LogP contribution < -0.4 is 0 Å². The fourth-order valence-electron chi connectivity index (χ4n) is 1.91. The van der Waals surface area contributed by atoms with Gasteiger partial charge in [-0.25, -0.2) is 4.79 Å². The molecule has 0 aromatic rings. The van der Waals surface area contributed by atoms with Crippen LogP contribution in [0, 0.1) is 0 Å².